The molecule has 0 aromatic rings. The number of amidine groups is 1. The minimum absolute atomic E-state index is 0.319. The summed E-state index contributed by atoms with van der Waals surface area (Å²) in [6, 6.07) is 0. The van der Waals surface area contributed by atoms with Crippen LogP contribution in [0.25, 0.3) is 0 Å². The predicted octanol–water partition coefficient (Wildman–Crippen LogP) is 7.00. The fourth-order valence-corrected chi connectivity index (χ4v) is 4.47. The first kappa shape index (κ1) is 25.4. The van der Waals surface area contributed by atoms with E-state index in [9.17, 15) is 5.11 Å². The van der Waals surface area contributed by atoms with Crippen molar-refractivity contribution in [2.75, 3.05) is 19.6 Å². The minimum Gasteiger partial charge on any atom is -0.345 e. The average molecular weight is 394 g/mol. The van der Waals surface area contributed by atoms with E-state index < -0.39 is 0 Å². The van der Waals surface area contributed by atoms with Crippen LogP contribution in [-0.4, -0.2) is 41.3 Å². The molecule has 0 bridgehead atoms. The number of hydrogen-bond donors (Lipinski definition) is 1. The lowest BCUT2D eigenvalue weighted by molar-refractivity contribution is -0.882. The second-order valence-electron chi connectivity index (χ2n) is 8.69. The van der Waals surface area contributed by atoms with Crippen LogP contribution in [0.4, 0.5) is 0 Å². The van der Waals surface area contributed by atoms with Crippen molar-refractivity contribution in [2.45, 2.75) is 123 Å². The van der Waals surface area contributed by atoms with Gasteiger partial charge in [0, 0.05) is 13.3 Å². The monoisotopic (exact) mass is 393 g/mol. The summed E-state index contributed by atoms with van der Waals surface area (Å²) in [5.41, 5.74) is 0. The van der Waals surface area contributed by atoms with E-state index in [0.29, 0.717) is 4.48 Å². The molecule has 0 saturated heterocycles. The highest BCUT2D eigenvalue weighted by Crippen LogP contribution is 2.23. The molecule has 0 amide bonds. The Kier molecular flexibility index (Phi) is 14.6. The second kappa shape index (κ2) is 16.2. The van der Waals surface area contributed by atoms with Crippen molar-refractivity contribution >= 4 is 5.84 Å². The van der Waals surface area contributed by atoms with Crippen LogP contribution in [0.2, 0.25) is 0 Å². The maximum absolute atomic E-state index is 10.2. The smallest absolute Gasteiger partial charge is 0.200 e. The lowest BCUT2D eigenvalue weighted by atomic mass is 10.1. The Morgan fingerprint density at radius 3 is 1.93 bits per heavy atom. The van der Waals surface area contributed by atoms with E-state index in [1.54, 1.807) is 0 Å². The first-order valence-corrected chi connectivity index (χ1v) is 12.4. The molecule has 164 valence electrons. The Morgan fingerprint density at radius 2 is 1.39 bits per heavy atom. The van der Waals surface area contributed by atoms with Crippen molar-refractivity contribution in [1.29, 1.82) is 0 Å². The van der Waals surface area contributed by atoms with Gasteiger partial charge in [-0.2, -0.15) is 0 Å². The first-order valence-electron chi connectivity index (χ1n) is 12.4. The van der Waals surface area contributed by atoms with Gasteiger partial charge in [0.2, 0.25) is 5.84 Å². The summed E-state index contributed by atoms with van der Waals surface area (Å²) < 4.78 is 0.713. The molecule has 28 heavy (non-hydrogen) atoms. The Morgan fingerprint density at radius 1 is 0.857 bits per heavy atom. The topological polar surface area (TPSA) is 32.6 Å². The molecular formula is C25H49N2O+. The molecule has 0 saturated carbocycles. The van der Waals surface area contributed by atoms with Crippen molar-refractivity contribution < 1.29 is 9.59 Å². The maximum Gasteiger partial charge on any atom is 0.200 e. The predicted molar refractivity (Wildman–Crippen MR) is 124 cm³/mol. The third kappa shape index (κ3) is 9.69. The number of nitrogens with zero attached hydrogens (tertiary/aromatic N) is 2. The highest BCUT2D eigenvalue weighted by Gasteiger charge is 2.40. The van der Waals surface area contributed by atoms with Crippen molar-refractivity contribution in [3.63, 3.8) is 0 Å². The van der Waals surface area contributed by atoms with Crippen LogP contribution in [0.5, 0.6) is 0 Å². The average Bonchev–Trinajstić information content (AvgIpc) is 3.12. The van der Waals surface area contributed by atoms with Gasteiger partial charge in [0.25, 0.3) is 0 Å². The number of hydrogen-bond acceptors (Lipinski definition) is 2. The molecule has 0 aromatic heterocycles. The molecule has 0 fully saturated rings. The molecule has 2 atom stereocenters. The highest BCUT2D eigenvalue weighted by molar-refractivity contribution is 5.76. The number of aliphatic hydroxyl groups excluding tert-OH is 1. The zero-order valence-corrected chi connectivity index (χ0v) is 19.3. The molecule has 0 radical (unpaired) electrons. The van der Waals surface area contributed by atoms with Crippen molar-refractivity contribution in [3.8, 4) is 0 Å². The zero-order valence-electron chi connectivity index (χ0n) is 19.3. The summed E-state index contributed by atoms with van der Waals surface area (Å²) in [6.07, 6.45) is 24.4. The number of quaternary nitrogens is 1. The number of likely N-dealkylation sites (N-methyl/N-ethyl adjacent to an activating group) is 1. The molecular weight excluding hydrogens is 344 g/mol. The number of allylic oxidation sites excluding steroid dienone is 2. The van der Waals surface area contributed by atoms with Gasteiger partial charge in [-0.15, -0.1) is 0 Å². The van der Waals surface area contributed by atoms with Gasteiger partial charge in [0.1, 0.15) is 6.54 Å². The van der Waals surface area contributed by atoms with E-state index >= 15 is 0 Å². The van der Waals surface area contributed by atoms with Gasteiger partial charge in [-0.25, -0.2) is 4.99 Å². The summed E-state index contributed by atoms with van der Waals surface area (Å²) in [5, 5.41) is 10.2. The Hall–Kier alpha value is -0.670. The number of unbranched alkanes of at least 4 members (excludes halogenated alkanes) is 12. The largest absolute Gasteiger partial charge is 0.345 e. The molecule has 3 nitrogen and oxygen atoms in total. The standard InChI is InChI=1S/C25H49N2O/c1-4-6-7-8-9-10-11-12-13-14-15-16-17-18-19-20-21-25-26-22-23-27(25,5-2)24(3)28/h12-13,24,28H,4-11,14-23H2,1-3H3/q+1/b13-12-. The lowest BCUT2D eigenvalue weighted by Crippen LogP contribution is -2.56. The van der Waals surface area contributed by atoms with Crippen LogP contribution < -0.4 is 0 Å². The quantitative estimate of drug-likeness (QED) is 0.152. The Bertz CT molecular complexity index is 430. The molecule has 1 N–H and O–H groups in total. The molecule has 0 aromatic carbocycles. The van der Waals surface area contributed by atoms with Gasteiger partial charge in [0.05, 0.1) is 13.1 Å². The van der Waals surface area contributed by atoms with E-state index in [-0.39, 0.29) is 6.23 Å². The molecule has 3 heteroatoms. The van der Waals surface area contributed by atoms with Crippen LogP contribution in [0.3, 0.4) is 0 Å². The molecule has 1 rings (SSSR count). The van der Waals surface area contributed by atoms with Gasteiger partial charge in [-0.1, -0.05) is 76.9 Å². The molecule has 1 aliphatic rings. The molecule has 1 aliphatic heterocycles. The molecule has 0 spiro atoms. The summed E-state index contributed by atoms with van der Waals surface area (Å²) in [7, 11) is 0. The molecule has 0 aliphatic carbocycles. The fraction of sp³-hybridized carbons (Fsp3) is 0.880. The summed E-state index contributed by atoms with van der Waals surface area (Å²) in [6.45, 7) is 9.21. The fourth-order valence-electron chi connectivity index (χ4n) is 4.47. The SMILES string of the molecule is CCCCCCCC/C=C\CCCCCCCCC1=NCC[N+]1(CC)C(C)O. The van der Waals surface area contributed by atoms with Gasteiger partial charge in [-0.05, 0) is 39.0 Å². The van der Waals surface area contributed by atoms with Crippen LogP contribution in [-0.2, 0) is 0 Å². The van der Waals surface area contributed by atoms with E-state index in [1.807, 2.05) is 6.92 Å². The van der Waals surface area contributed by atoms with Crippen LogP contribution in [0.1, 0.15) is 117 Å². The number of aliphatic imine (C=N–C) groups is 1. The van der Waals surface area contributed by atoms with Crippen molar-refractivity contribution in [1.82, 2.24) is 0 Å². The van der Waals surface area contributed by atoms with Gasteiger partial charge < -0.3 is 5.11 Å². The van der Waals surface area contributed by atoms with Crippen molar-refractivity contribution in [2.24, 2.45) is 4.99 Å². The van der Waals surface area contributed by atoms with Crippen LogP contribution in [0, 0.1) is 0 Å². The summed E-state index contributed by atoms with van der Waals surface area (Å²) in [5.74, 6) is 1.24. The Balaban J connectivity index is 1.92. The van der Waals surface area contributed by atoms with E-state index in [1.165, 1.54) is 95.7 Å². The number of aliphatic hydroxyl groups is 1. The van der Waals surface area contributed by atoms with Gasteiger partial charge in [0.15, 0.2) is 6.23 Å². The first-order chi connectivity index (χ1) is 13.7. The van der Waals surface area contributed by atoms with Gasteiger partial charge in [-0.3, -0.25) is 4.48 Å². The summed E-state index contributed by atoms with van der Waals surface area (Å²) in [4.78, 5) is 4.71. The van der Waals surface area contributed by atoms with E-state index in [0.717, 1.165) is 26.1 Å². The Labute approximate surface area is 175 Å². The lowest BCUT2D eigenvalue weighted by Gasteiger charge is -2.36. The van der Waals surface area contributed by atoms with Gasteiger partial charge >= 0.3 is 0 Å². The maximum atomic E-state index is 10.2. The molecule has 2 unspecified atom stereocenters. The third-order valence-electron chi connectivity index (χ3n) is 6.50. The number of rotatable bonds is 18. The van der Waals surface area contributed by atoms with E-state index in [2.05, 4.69) is 26.0 Å². The summed E-state index contributed by atoms with van der Waals surface area (Å²) >= 11 is 0. The second-order valence-corrected chi connectivity index (χ2v) is 8.69. The van der Waals surface area contributed by atoms with Crippen LogP contribution in [0.15, 0.2) is 17.1 Å². The third-order valence-corrected chi connectivity index (χ3v) is 6.50. The van der Waals surface area contributed by atoms with Crippen LogP contribution >= 0.6 is 0 Å². The molecule has 1 heterocycles. The highest BCUT2D eigenvalue weighted by atomic mass is 16.3. The van der Waals surface area contributed by atoms with E-state index in [4.69, 9.17) is 4.99 Å². The zero-order chi connectivity index (χ0) is 20.5. The van der Waals surface area contributed by atoms with Crippen molar-refractivity contribution in [3.05, 3.63) is 12.2 Å². The normalized spacial score (nSPS) is 20.8. The minimum atomic E-state index is -0.319.